The van der Waals surface area contributed by atoms with Crippen molar-refractivity contribution in [1.29, 1.82) is 0 Å². The van der Waals surface area contributed by atoms with Gasteiger partial charge in [-0.15, -0.1) is 0 Å². The molecule has 6 heteroatoms. The van der Waals surface area contributed by atoms with Crippen molar-refractivity contribution in [2.75, 3.05) is 53.4 Å². The summed E-state index contributed by atoms with van der Waals surface area (Å²) < 4.78 is 0. The first kappa shape index (κ1) is 44.9. The summed E-state index contributed by atoms with van der Waals surface area (Å²) in [5, 5.41) is 6.45. The Morgan fingerprint density at radius 2 is 0.826 bits per heavy atom. The molecule has 46 heavy (non-hydrogen) atoms. The lowest BCUT2D eigenvalue weighted by atomic mass is 10.0. The molecule has 0 bridgehead atoms. The number of hydrogen-bond acceptors (Lipinski definition) is 4. The number of rotatable bonds is 37. The Balaban J connectivity index is 4.21. The molecular weight excluding hydrogens is 568 g/mol. The molecule has 0 heterocycles. The van der Waals surface area contributed by atoms with E-state index in [0.29, 0.717) is 19.4 Å². The monoisotopic (exact) mass is 651 g/mol. The number of unbranched alkanes of at least 4 members (excludes halogenated alkanes) is 22. The fourth-order valence-electron chi connectivity index (χ4n) is 6.20. The standard InChI is InChI=1S/C40H82N4O2/c1-5-7-9-11-13-15-17-19-21-23-25-27-37-44(38-28-26-24-22-20-18-16-14-12-10-8-6-2)40(46)32-31-39(45)42-35-29-33-41-34-30-36-43(3)4/h41H,5-38H2,1-4H3,(H,42,45). The maximum absolute atomic E-state index is 13.2. The van der Waals surface area contributed by atoms with E-state index in [2.05, 4.69) is 48.4 Å². The van der Waals surface area contributed by atoms with Crippen LogP contribution in [0.25, 0.3) is 0 Å². The summed E-state index contributed by atoms with van der Waals surface area (Å²) in [6.07, 6.45) is 34.7. The summed E-state index contributed by atoms with van der Waals surface area (Å²) in [4.78, 5) is 29.9. The molecule has 0 aliphatic rings. The lowest BCUT2D eigenvalue weighted by molar-refractivity contribution is -0.133. The Bertz CT molecular complexity index is 615. The largest absolute Gasteiger partial charge is 0.356 e. The summed E-state index contributed by atoms with van der Waals surface area (Å²) in [5.41, 5.74) is 0. The Morgan fingerprint density at radius 3 is 1.24 bits per heavy atom. The minimum absolute atomic E-state index is 0.0108. The molecule has 0 saturated heterocycles. The number of hydrogen-bond donors (Lipinski definition) is 2. The highest BCUT2D eigenvalue weighted by atomic mass is 16.2. The van der Waals surface area contributed by atoms with E-state index < -0.39 is 0 Å². The third-order valence-corrected chi connectivity index (χ3v) is 9.29. The van der Waals surface area contributed by atoms with Crippen molar-refractivity contribution in [2.45, 2.75) is 194 Å². The van der Waals surface area contributed by atoms with Crippen LogP contribution in [-0.4, -0.2) is 75.0 Å². The van der Waals surface area contributed by atoms with Gasteiger partial charge in [-0.1, -0.05) is 155 Å². The van der Waals surface area contributed by atoms with Crippen LogP contribution in [0.1, 0.15) is 194 Å². The van der Waals surface area contributed by atoms with Crippen LogP contribution in [-0.2, 0) is 9.59 Å². The van der Waals surface area contributed by atoms with Gasteiger partial charge in [-0.3, -0.25) is 9.59 Å². The first-order chi connectivity index (χ1) is 22.5. The third kappa shape index (κ3) is 34.2. The maximum atomic E-state index is 13.2. The molecule has 0 fully saturated rings. The molecule has 2 N–H and O–H groups in total. The highest BCUT2D eigenvalue weighted by Crippen LogP contribution is 2.14. The van der Waals surface area contributed by atoms with Gasteiger partial charge in [0.25, 0.3) is 0 Å². The number of carbonyl (C=O) groups is 2. The molecule has 0 unspecified atom stereocenters. The second-order valence-electron chi connectivity index (χ2n) is 14.3. The second-order valence-corrected chi connectivity index (χ2v) is 14.3. The van der Waals surface area contributed by atoms with Crippen LogP contribution in [0.3, 0.4) is 0 Å². The van der Waals surface area contributed by atoms with Gasteiger partial charge in [0.15, 0.2) is 0 Å². The lowest BCUT2D eigenvalue weighted by Crippen LogP contribution is -2.34. The fourth-order valence-corrected chi connectivity index (χ4v) is 6.20. The van der Waals surface area contributed by atoms with Crippen LogP contribution in [0.15, 0.2) is 0 Å². The van der Waals surface area contributed by atoms with E-state index in [-0.39, 0.29) is 11.8 Å². The molecule has 0 atom stereocenters. The lowest BCUT2D eigenvalue weighted by Gasteiger charge is -2.23. The van der Waals surface area contributed by atoms with Crippen LogP contribution < -0.4 is 10.6 Å². The Hall–Kier alpha value is -1.14. The van der Waals surface area contributed by atoms with Crippen molar-refractivity contribution in [3.63, 3.8) is 0 Å². The number of nitrogens with one attached hydrogen (secondary N) is 2. The van der Waals surface area contributed by atoms with Crippen LogP contribution in [0.4, 0.5) is 0 Å². The van der Waals surface area contributed by atoms with Gasteiger partial charge >= 0.3 is 0 Å². The normalized spacial score (nSPS) is 11.4. The third-order valence-electron chi connectivity index (χ3n) is 9.29. The average Bonchev–Trinajstić information content (AvgIpc) is 3.04. The predicted molar refractivity (Wildman–Crippen MR) is 202 cm³/mol. The van der Waals surface area contributed by atoms with E-state index in [9.17, 15) is 9.59 Å². The van der Waals surface area contributed by atoms with Crippen molar-refractivity contribution >= 4 is 11.8 Å². The zero-order valence-corrected chi connectivity index (χ0v) is 31.8. The molecule has 6 nitrogen and oxygen atoms in total. The minimum atomic E-state index is 0.0108. The molecule has 0 rings (SSSR count). The molecule has 0 aliphatic carbocycles. The van der Waals surface area contributed by atoms with E-state index in [4.69, 9.17) is 0 Å². The molecule has 0 aromatic rings. The molecule has 2 amide bonds. The maximum Gasteiger partial charge on any atom is 0.223 e. The highest BCUT2D eigenvalue weighted by molar-refractivity contribution is 5.83. The van der Waals surface area contributed by atoms with Gasteiger partial charge in [0.05, 0.1) is 0 Å². The van der Waals surface area contributed by atoms with Gasteiger partial charge in [0, 0.05) is 32.5 Å². The van der Waals surface area contributed by atoms with Gasteiger partial charge in [0.2, 0.25) is 11.8 Å². The summed E-state index contributed by atoms with van der Waals surface area (Å²) in [6, 6.07) is 0. The quantitative estimate of drug-likeness (QED) is 0.0657. The van der Waals surface area contributed by atoms with Gasteiger partial charge < -0.3 is 20.4 Å². The van der Waals surface area contributed by atoms with Crippen LogP contribution in [0.2, 0.25) is 0 Å². The summed E-state index contributed by atoms with van der Waals surface area (Å²) in [7, 11) is 4.19. The Labute approximate surface area is 288 Å². The minimum Gasteiger partial charge on any atom is -0.356 e. The van der Waals surface area contributed by atoms with Crippen LogP contribution >= 0.6 is 0 Å². The van der Waals surface area contributed by atoms with Crippen LogP contribution in [0, 0.1) is 0 Å². The van der Waals surface area contributed by atoms with Gasteiger partial charge in [-0.25, -0.2) is 0 Å². The number of carbonyl (C=O) groups excluding carboxylic acids is 2. The van der Waals surface area contributed by atoms with Crippen molar-refractivity contribution in [3.05, 3.63) is 0 Å². The Morgan fingerprint density at radius 1 is 0.435 bits per heavy atom. The first-order valence-corrected chi connectivity index (χ1v) is 20.4. The first-order valence-electron chi connectivity index (χ1n) is 20.4. The SMILES string of the molecule is CCCCCCCCCCCCCCN(CCCCCCCCCCCCCC)C(=O)CCC(=O)NCCCNCCCN(C)C. The van der Waals surface area contributed by atoms with Crippen LogP contribution in [0.5, 0.6) is 0 Å². The molecule has 0 aliphatic heterocycles. The zero-order chi connectivity index (χ0) is 33.8. The van der Waals surface area contributed by atoms with Gasteiger partial charge in [-0.2, -0.15) is 0 Å². The van der Waals surface area contributed by atoms with Crippen molar-refractivity contribution < 1.29 is 9.59 Å². The van der Waals surface area contributed by atoms with Gasteiger partial charge in [-0.05, 0) is 59.4 Å². The second kappa shape index (κ2) is 36.7. The van der Waals surface area contributed by atoms with Gasteiger partial charge in [0.1, 0.15) is 0 Å². The zero-order valence-electron chi connectivity index (χ0n) is 31.8. The molecule has 274 valence electrons. The van der Waals surface area contributed by atoms with Crippen molar-refractivity contribution in [3.8, 4) is 0 Å². The van der Waals surface area contributed by atoms with E-state index >= 15 is 0 Å². The predicted octanol–water partition coefficient (Wildman–Crippen LogP) is 10.0. The topological polar surface area (TPSA) is 64.7 Å². The molecule has 0 spiro atoms. The van der Waals surface area contributed by atoms with E-state index in [1.165, 1.54) is 141 Å². The number of amides is 2. The summed E-state index contributed by atoms with van der Waals surface area (Å²) in [5.74, 6) is 0.181. The average molecular weight is 651 g/mol. The van der Waals surface area contributed by atoms with E-state index in [1.807, 2.05) is 0 Å². The molecule has 0 saturated carbocycles. The highest BCUT2D eigenvalue weighted by Gasteiger charge is 2.15. The molecular formula is C40H82N4O2. The smallest absolute Gasteiger partial charge is 0.223 e. The fraction of sp³-hybridized carbons (Fsp3) is 0.950. The van der Waals surface area contributed by atoms with E-state index in [0.717, 1.165) is 58.4 Å². The summed E-state index contributed by atoms with van der Waals surface area (Å²) >= 11 is 0. The van der Waals surface area contributed by atoms with E-state index in [1.54, 1.807) is 0 Å². The summed E-state index contributed by atoms with van der Waals surface area (Å²) in [6.45, 7) is 9.97. The molecule has 0 aromatic heterocycles. The molecule has 0 radical (unpaired) electrons. The van der Waals surface area contributed by atoms with Crippen molar-refractivity contribution in [1.82, 2.24) is 20.4 Å². The molecule has 0 aromatic carbocycles. The van der Waals surface area contributed by atoms with Crippen molar-refractivity contribution in [2.24, 2.45) is 0 Å². The Kier molecular flexibility index (Phi) is 35.8. The number of nitrogens with zero attached hydrogens (tertiary/aromatic N) is 2.